The van der Waals surface area contributed by atoms with E-state index >= 15 is 0 Å². The monoisotopic (exact) mass is 642 g/mol. The molecule has 9 nitrogen and oxygen atoms in total. The number of nitrogens with one attached hydrogen (secondary N) is 2. The molecule has 0 radical (unpaired) electrons. The molecular weight excluding hydrogens is 588 g/mol. The molecule has 2 aromatic rings. The third-order valence-corrected chi connectivity index (χ3v) is 6.95. The van der Waals surface area contributed by atoms with E-state index in [2.05, 4.69) is 58.3 Å². The molecule has 5 N–H and O–H groups in total. The fraction of sp³-hybridized carbons (Fsp3) is 0.395. The lowest BCUT2D eigenvalue weighted by atomic mass is 10.1. The summed E-state index contributed by atoms with van der Waals surface area (Å²) < 4.78 is 7.42. The molecule has 1 amide bonds. The van der Waals surface area contributed by atoms with Gasteiger partial charge in [-0.1, -0.05) is 55.1 Å². The number of aromatic nitrogens is 2. The Hall–Kier alpha value is -4.81. The van der Waals surface area contributed by atoms with E-state index in [0.717, 1.165) is 53.4 Å². The van der Waals surface area contributed by atoms with Crippen molar-refractivity contribution in [2.45, 2.75) is 72.9 Å². The van der Waals surface area contributed by atoms with Gasteiger partial charge in [0.2, 0.25) is 11.5 Å². The number of hydrogen-bond acceptors (Lipinski definition) is 7. The van der Waals surface area contributed by atoms with Crippen LogP contribution in [0.2, 0.25) is 0 Å². The summed E-state index contributed by atoms with van der Waals surface area (Å²) in [6.07, 6.45) is 12.8. The number of benzene rings is 1. The highest BCUT2D eigenvalue weighted by atomic mass is 16.5. The highest BCUT2D eigenvalue weighted by molar-refractivity contribution is 5.79. The number of likely N-dealkylation sites (N-methyl/N-ethyl adjacent to an activating group) is 1. The molecule has 0 saturated carbocycles. The summed E-state index contributed by atoms with van der Waals surface area (Å²) in [7, 11) is 3.65. The van der Waals surface area contributed by atoms with E-state index in [0.29, 0.717) is 17.8 Å². The maximum absolute atomic E-state index is 12.8. The number of carbonyl (C=O) groups excluding carboxylic acids is 1. The summed E-state index contributed by atoms with van der Waals surface area (Å²) in [5.74, 6) is 3.00. The molecule has 9 heteroatoms. The number of ether oxygens (including phenoxy) is 1. The highest BCUT2D eigenvalue weighted by Crippen LogP contribution is 2.18. The van der Waals surface area contributed by atoms with Gasteiger partial charge in [-0.25, -0.2) is 4.98 Å². The maximum atomic E-state index is 12.8. The molecule has 1 aromatic heterocycles. The van der Waals surface area contributed by atoms with Crippen LogP contribution in [0.1, 0.15) is 89.0 Å². The Labute approximate surface area is 281 Å². The van der Waals surface area contributed by atoms with E-state index in [9.17, 15) is 9.90 Å². The van der Waals surface area contributed by atoms with Gasteiger partial charge in [-0.3, -0.25) is 9.79 Å². The van der Waals surface area contributed by atoms with Crippen molar-refractivity contribution in [2.75, 3.05) is 27.2 Å². The van der Waals surface area contributed by atoms with E-state index in [1.54, 1.807) is 26.1 Å². The smallest absolute Gasteiger partial charge is 0.226 e. The van der Waals surface area contributed by atoms with Crippen molar-refractivity contribution in [3.05, 3.63) is 107 Å². The lowest BCUT2D eigenvalue weighted by Crippen LogP contribution is -2.34. The predicted octanol–water partition coefficient (Wildman–Crippen LogP) is 6.30. The first-order valence-electron chi connectivity index (χ1n) is 15.8. The molecule has 0 bridgehead atoms. The van der Waals surface area contributed by atoms with Gasteiger partial charge in [0, 0.05) is 37.3 Å². The number of allylic oxidation sites excluding steroid dienone is 4. The molecule has 0 unspecified atom stereocenters. The zero-order valence-electron chi connectivity index (χ0n) is 29.5. The van der Waals surface area contributed by atoms with Gasteiger partial charge in [0.15, 0.2) is 0 Å². The van der Waals surface area contributed by atoms with Crippen molar-refractivity contribution in [3.63, 3.8) is 0 Å². The Bertz CT molecular complexity index is 1550. The molecule has 1 aliphatic carbocycles. The Morgan fingerprint density at radius 3 is 2.38 bits per heavy atom. The Kier molecular flexibility index (Phi) is 18.0. The third-order valence-electron chi connectivity index (χ3n) is 6.95. The molecule has 0 aliphatic heterocycles. The maximum Gasteiger partial charge on any atom is 0.226 e. The third kappa shape index (κ3) is 13.6. The van der Waals surface area contributed by atoms with Crippen LogP contribution in [0.15, 0.2) is 83.7 Å². The van der Waals surface area contributed by atoms with Crippen LogP contribution >= 0.6 is 0 Å². The zero-order chi connectivity index (χ0) is 35.5. The summed E-state index contributed by atoms with van der Waals surface area (Å²) in [5, 5.41) is 15.6. The molecule has 0 saturated heterocycles. The van der Waals surface area contributed by atoms with Crippen LogP contribution < -0.4 is 22.0 Å². The summed E-state index contributed by atoms with van der Waals surface area (Å²) in [6, 6.07) is 9.15. The number of terminal acetylenes is 1. The van der Waals surface area contributed by atoms with Gasteiger partial charge in [0.25, 0.3) is 0 Å². The van der Waals surface area contributed by atoms with Crippen LogP contribution in [0.5, 0.6) is 0 Å². The molecule has 1 atom stereocenters. The minimum atomic E-state index is -0.172. The molecule has 0 fully saturated rings. The number of nitrogens with zero attached hydrogens (tertiary/aromatic N) is 3. The molecule has 1 aliphatic rings. The number of aliphatic hydroxyl groups is 1. The largest absolute Gasteiger partial charge is 0.508 e. The quantitative estimate of drug-likeness (QED) is 0.129. The van der Waals surface area contributed by atoms with Gasteiger partial charge in [-0.2, -0.15) is 0 Å². The second-order valence-corrected chi connectivity index (χ2v) is 11.2. The van der Waals surface area contributed by atoms with Crippen molar-refractivity contribution in [1.29, 1.82) is 0 Å². The van der Waals surface area contributed by atoms with Crippen molar-refractivity contribution < 1.29 is 14.6 Å². The fourth-order valence-electron chi connectivity index (χ4n) is 4.66. The van der Waals surface area contributed by atoms with Crippen molar-refractivity contribution in [2.24, 2.45) is 10.7 Å². The van der Waals surface area contributed by atoms with Crippen molar-refractivity contribution in [1.82, 2.24) is 20.2 Å². The average molecular weight is 643 g/mol. The molecule has 1 aromatic carbocycles. The normalized spacial score (nSPS) is 16.1. The van der Waals surface area contributed by atoms with Crippen LogP contribution in [0, 0.1) is 12.3 Å². The van der Waals surface area contributed by atoms with Crippen molar-refractivity contribution in [3.8, 4) is 12.3 Å². The minimum Gasteiger partial charge on any atom is -0.508 e. The molecule has 3 rings (SSSR count). The molecule has 0 spiro atoms. The Morgan fingerprint density at radius 1 is 1.23 bits per heavy atom. The van der Waals surface area contributed by atoms with E-state index in [4.69, 9.17) is 10.5 Å². The predicted molar refractivity (Wildman–Crippen MR) is 195 cm³/mol. The number of carbonyl (C=O) groups is 1. The Morgan fingerprint density at radius 2 is 1.87 bits per heavy atom. The number of aliphatic hydroxyl groups excluding tert-OH is 1. The van der Waals surface area contributed by atoms with E-state index in [1.165, 1.54) is 5.57 Å². The summed E-state index contributed by atoms with van der Waals surface area (Å²) in [4.78, 5) is 21.6. The van der Waals surface area contributed by atoms with E-state index < -0.39 is 0 Å². The van der Waals surface area contributed by atoms with Gasteiger partial charge in [0.1, 0.15) is 11.5 Å². The topological polar surface area (TPSA) is 127 Å². The second-order valence-electron chi connectivity index (χ2n) is 11.2. The summed E-state index contributed by atoms with van der Waals surface area (Å²) in [6.45, 7) is 20.6. The van der Waals surface area contributed by atoms with Crippen molar-refractivity contribution >= 4 is 17.2 Å². The summed E-state index contributed by atoms with van der Waals surface area (Å²) >= 11 is 0. The number of amides is 1. The molecule has 254 valence electrons. The van der Waals surface area contributed by atoms with Gasteiger partial charge < -0.3 is 30.8 Å². The van der Waals surface area contributed by atoms with Crippen LogP contribution in [0.25, 0.3) is 11.3 Å². The first-order valence-corrected chi connectivity index (χ1v) is 15.8. The highest BCUT2D eigenvalue weighted by Gasteiger charge is 2.16. The van der Waals surface area contributed by atoms with Crippen LogP contribution in [0.3, 0.4) is 0 Å². The zero-order valence-corrected chi connectivity index (χ0v) is 29.5. The standard InChI is InChI=1S/C23H30N4O2.C12H20N2O.C3H4/c1-14(2)21-12-20(27(15(3)4)23(24-7)26-21)13-22(29)25-16(5)18-8-10-19(11-9-18)17(6)28;1-3-15-12-6-4-5-10(9-14-2)7-8-11(12)13;1-3-2/h8-12,15-16,28H,1,6,13H2,2-5,7H3,(H,25,29);4,6-7,14H,3,5,8-9,13H2,1-2H3;1H,2H3/b;6-4?,10-7+,12-11-;/t16-;;/m1../s1. The van der Waals surface area contributed by atoms with Gasteiger partial charge in [-0.05, 0) is 78.3 Å². The fourth-order valence-corrected chi connectivity index (χ4v) is 4.66. The molecule has 47 heavy (non-hydrogen) atoms. The lowest BCUT2D eigenvalue weighted by molar-refractivity contribution is -0.121. The average Bonchev–Trinajstić information content (AvgIpc) is 3.02. The minimum absolute atomic E-state index is 0.0228. The molecular formula is C38H54N6O3. The van der Waals surface area contributed by atoms with Crippen LogP contribution in [-0.2, 0) is 16.0 Å². The van der Waals surface area contributed by atoms with E-state index in [-0.39, 0.29) is 30.2 Å². The Balaban J connectivity index is 0.000000513. The number of hydrogen-bond donors (Lipinski definition) is 4. The lowest BCUT2D eigenvalue weighted by Gasteiger charge is -2.20. The first-order chi connectivity index (χ1) is 22.3. The van der Waals surface area contributed by atoms with Gasteiger partial charge in [0.05, 0.1) is 30.5 Å². The van der Waals surface area contributed by atoms with E-state index in [1.807, 2.05) is 70.5 Å². The van der Waals surface area contributed by atoms with Crippen LogP contribution in [0.4, 0.5) is 0 Å². The number of rotatable bonds is 11. The van der Waals surface area contributed by atoms with Gasteiger partial charge in [-0.15, -0.1) is 12.3 Å². The summed E-state index contributed by atoms with van der Waals surface area (Å²) in [5.41, 5.74) is 12.7. The number of nitrogens with two attached hydrogens (primary N) is 1. The molecule has 1 heterocycles. The SMILES string of the molecule is C#CC.C=C(O)c1ccc([C@@H](C)NC(=O)Cc2cc(C(=C)C)nc(=NC)n2C(C)C)cc1.CCO/C1=C(\N)C/C=C(/CNC)CC=C1. The second kappa shape index (κ2) is 21.1. The van der Waals surface area contributed by atoms with Crippen LogP contribution in [-0.4, -0.2) is 47.8 Å². The first kappa shape index (κ1) is 40.2. The van der Waals surface area contributed by atoms with Gasteiger partial charge >= 0.3 is 0 Å².